The van der Waals surface area contributed by atoms with Gasteiger partial charge < -0.3 is 5.32 Å². The number of halogens is 1. The highest BCUT2D eigenvalue weighted by Gasteiger charge is 2.19. The maximum atomic E-state index is 13.4. The SMILES string of the molecule is Cc1cc(F)cc(-c2nc([C@@H]3CCCN3)cs2)c1. The summed E-state index contributed by atoms with van der Waals surface area (Å²) in [5.74, 6) is -0.194. The zero-order valence-electron chi connectivity index (χ0n) is 10.2. The third kappa shape index (κ3) is 2.31. The first kappa shape index (κ1) is 11.8. The Morgan fingerprint density at radius 3 is 3.00 bits per heavy atom. The van der Waals surface area contributed by atoms with Gasteiger partial charge in [-0.15, -0.1) is 11.3 Å². The molecule has 2 aromatic rings. The number of hydrogen-bond acceptors (Lipinski definition) is 3. The van der Waals surface area contributed by atoms with Crippen molar-refractivity contribution in [3.05, 3.63) is 40.7 Å². The predicted molar refractivity (Wildman–Crippen MR) is 72.2 cm³/mol. The molecule has 0 bridgehead atoms. The van der Waals surface area contributed by atoms with Crippen LogP contribution in [0.15, 0.2) is 23.6 Å². The number of aromatic nitrogens is 1. The standard InChI is InChI=1S/C14H15FN2S/c1-9-5-10(7-11(15)6-9)14-17-13(8-18-14)12-3-2-4-16-12/h5-8,12,16H,2-4H2,1H3/t12-/m0/s1. The van der Waals surface area contributed by atoms with E-state index >= 15 is 0 Å². The van der Waals surface area contributed by atoms with Gasteiger partial charge in [0.15, 0.2) is 0 Å². The number of benzene rings is 1. The Morgan fingerprint density at radius 1 is 1.39 bits per heavy atom. The molecule has 0 saturated carbocycles. The van der Waals surface area contributed by atoms with Gasteiger partial charge in [-0.3, -0.25) is 0 Å². The van der Waals surface area contributed by atoms with Gasteiger partial charge in [0.05, 0.1) is 11.7 Å². The molecule has 1 aliphatic heterocycles. The lowest BCUT2D eigenvalue weighted by molar-refractivity contribution is 0.626. The minimum absolute atomic E-state index is 0.194. The van der Waals surface area contributed by atoms with Crippen LogP contribution in [0.2, 0.25) is 0 Å². The average molecular weight is 262 g/mol. The summed E-state index contributed by atoms with van der Waals surface area (Å²) in [6.45, 7) is 2.97. The topological polar surface area (TPSA) is 24.9 Å². The van der Waals surface area contributed by atoms with Gasteiger partial charge >= 0.3 is 0 Å². The molecule has 0 unspecified atom stereocenters. The molecule has 0 radical (unpaired) electrons. The van der Waals surface area contributed by atoms with Crippen LogP contribution in [0, 0.1) is 12.7 Å². The largest absolute Gasteiger partial charge is 0.309 e. The fraction of sp³-hybridized carbons (Fsp3) is 0.357. The van der Waals surface area contributed by atoms with E-state index < -0.39 is 0 Å². The van der Waals surface area contributed by atoms with Crippen LogP contribution in [0.1, 0.15) is 30.1 Å². The van der Waals surface area contributed by atoms with Gasteiger partial charge in [-0.1, -0.05) is 0 Å². The van der Waals surface area contributed by atoms with Crippen molar-refractivity contribution in [2.75, 3.05) is 6.54 Å². The van der Waals surface area contributed by atoms with E-state index in [1.54, 1.807) is 17.4 Å². The van der Waals surface area contributed by atoms with E-state index in [4.69, 9.17) is 0 Å². The van der Waals surface area contributed by atoms with E-state index in [1.165, 1.54) is 12.5 Å². The fourth-order valence-corrected chi connectivity index (χ4v) is 3.24. The molecule has 0 aliphatic carbocycles. The van der Waals surface area contributed by atoms with Crippen molar-refractivity contribution in [3.63, 3.8) is 0 Å². The molecular formula is C14H15FN2S. The first-order valence-corrected chi connectivity index (χ1v) is 7.07. The number of hydrogen-bond donors (Lipinski definition) is 1. The minimum atomic E-state index is -0.194. The Kier molecular flexibility index (Phi) is 3.14. The highest BCUT2D eigenvalue weighted by Crippen LogP contribution is 2.30. The summed E-state index contributed by atoms with van der Waals surface area (Å²) in [5, 5.41) is 6.42. The van der Waals surface area contributed by atoms with Crippen molar-refractivity contribution in [2.45, 2.75) is 25.8 Å². The summed E-state index contributed by atoms with van der Waals surface area (Å²) in [6.07, 6.45) is 2.35. The van der Waals surface area contributed by atoms with Crippen LogP contribution < -0.4 is 5.32 Å². The quantitative estimate of drug-likeness (QED) is 0.893. The third-order valence-corrected chi connectivity index (χ3v) is 4.14. The molecular weight excluding hydrogens is 247 g/mol. The van der Waals surface area contributed by atoms with Gasteiger partial charge in [0, 0.05) is 10.9 Å². The monoisotopic (exact) mass is 262 g/mol. The molecule has 1 saturated heterocycles. The Labute approximate surface area is 110 Å². The Bertz CT molecular complexity index is 538. The van der Waals surface area contributed by atoms with E-state index in [1.807, 2.05) is 13.0 Å². The molecule has 3 rings (SSSR count). The molecule has 1 atom stereocenters. The summed E-state index contributed by atoms with van der Waals surface area (Å²) >= 11 is 1.59. The summed E-state index contributed by atoms with van der Waals surface area (Å²) < 4.78 is 13.4. The van der Waals surface area contributed by atoms with Gasteiger partial charge in [-0.25, -0.2) is 9.37 Å². The van der Waals surface area contributed by atoms with Gasteiger partial charge in [0.2, 0.25) is 0 Å². The number of rotatable bonds is 2. The van der Waals surface area contributed by atoms with E-state index in [0.717, 1.165) is 34.8 Å². The molecule has 94 valence electrons. The van der Waals surface area contributed by atoms with E-state index in [2.05, 4.69) is 15.7 Å². The molecule has 1 aliphatic rings. The normalized spacial score (nSPS) is 19.3. The highest BCUT2D eigenvalue weighted by molar-refractivity contribution is 7.13. The van der Waals surface area contributed by atoms with E-state index in [0.29, 0.717) is 6.04 Å². The van der Waals surface area contributed by atoms with Crippen molar-refractivity contribution in [3.8, 4) is 10.6 Å². The van der Waals surface area contributed by atoms with Crippen LogP contribution in [0.25, 0.3) is 10.6 Å². The Morgan fingerprint density at radius 2 is 2.28 bits per heavy atom. The van der Waals surface area contributed by atoms with Crippen molar-refractivity contribution in [1.29, 1.82) is 0 Å². The summed E-state index contributed by atoms with van der Waals surface area (Å²) in [7, 11) is 0. The van der Waals surface area contributed by atoms with Crippen LogP contribution in [0.5, 0.6) is 0 Å². The Hall–Kier alpha value is -1.26. The van der Waals surface area contributed by atoms with Gasteiger partial charge in [0.25, 0.3) is 0 Å². The summed E-state index contributed by atoms with van der Waals surface area (Å²) in [6, 6.07) is 5.45. The first-order valence-electron chi connectivity index (χ1n) is 6.19. The zero-order valence-corrected chi connectivity index (χ0v) is 11.1. The van der Waals surface area contributed by atoms with E-state index in [-0.39, 0.29) is 5.82 Å². The lowest BCUT2D eigenvalue weighted by atomic mass is 10.1. The number of aryl methyl sites for hydroxylation is 1. The summed E-state index contributed by atoms with van der Waals surface area (Å²) in [4.78, 5) is 4.63. The molecule has 1 N–H and O–H groups in total. The van der Waals surface area contributed by atoms with Crippen molar-refractivity contribution < 1.29 is 4.39 Å². The molecule has 0 amide bonds. The van der Waals surface area contributed by atoms with Crippen LogP contribution >= 0.6 is 11.3 Å². The molecule has 1 fully saturated rings. The molecule has 1 aromatic heterocycles. The molecule has 18 heavy (non-hydrogen) atoms. The number of nitrogens with one attached hydrogen (secondary N) is 1. The summed E-state index contributed by atoms with van der Waals surface area (Å²) in [5.41, 5.74) is 2.90. The van der Waals surface area contributed by atoms with Crippen molar-refractivity contribution in [2.24, 2.45) is 0 Å². The minimum Gasteiger partial charge on any atom is -0.309 e. The maximum Gasteiger partial charge on any atom is 0.124 e. The molecule has 1 aromatic carbocycles. The molecule has 2 nitrogen and oxygen atoms in total. The van der Waals surface area contributed by atoms with Crippen LogP contribution in [0.3, 0.4) is 0 Å². The molecule has 0 spiro atoms. The van der Waals surface area contributed by atoms with Crippen molar-refractivity contribution >= 4 is 11.3 Å². The number of thiazole rings is 1. The van der Waals surface area contributed by atoms with Crippen LogP contribution in [-0.2, 0) is 0 Å². The zero-order chi connectivity index (χ0) is 12.5. The van der Waals surface area contributed by atoms with Crippen LogP contribution in [0.4, 0.5) is 4.39 Å². The second kappa shape index (κ2) is 4.78. The fourth-order valence-electron chi connectivity index (χ4n) is 2.38. The van der Waals surface area contributed by atoms with Gasteiger partial charge in [-0.05, 0) is 50.1 Å². The average Bonchev–Trinajstić information content (AvgIpc) is 2.99. The second-order valence-corrected chi connectivity index (χ2v) is 5.60. The van der Waals surface area contributed by atoms with Gasteiger partial charge in [0.1, 0.15) is 10.8 Å². The number of nitrogens with zero attached hydrogens (tertiary/aromatic N) is 1. The maximum absolute atomic E-state index is 13.4. The first-order chi connectivity index (χ1) is 8.72. The molecule has 4 heteroatoms. The van der Waals surface area contributed by atoms with E-state index in [9.17, 15) is 4.39 Å². The lowest BCUT2D eigenvalue weighted by Crippen LogP contribution is -2.12. The van der Waals surface area contributed by atoms with Crippen molar-refractivity contribution in [1.82, 2.24) is 10.3 Å². The highest BCUT2D eigenvalue weighted by atomic mass is 32.1. The van der Waals surface area contributed by atoms with Crippen LogP contribution in [-0.4, -0.2) is 11.5 Å². The lowest BCUT2D eigenvalue weighted by Gasteiger charge is -2.05. The Balaban J connectivity index is 1.92. The predicted octanol–water partition coefficient (Wildman–Crippen LogP) is 3.68. The molecule has 2 heterocycles. The van der Waals surface area contributed by atoms with Gasteiger partial charge in [-0.2, -0.15) is 0 Å². The second-order valence-electron chi connectivity index (χ2n) is 4.74. The third-order valence-electron chi connectivity index (χ3n) is 3.23. The smallest absolute Gasteiger partial charge is 0.124 e.